The molecule has 0 radical (unpaired) electrons. The van der Waals surface area contributed by atoms with E-state index in [4.69, 9.17) is 11.6 Å². The summed E-state index contributed by atoms with van der Waals surface area (Å²) in [6.45, 7) is 0.892. The molecule has 2 fully saturated rings. The number of amides is 2. The topological polar surface area (TPSA) is 49.4 Å². The van der Waals surface area contributed by atoms with Crippen LogP contribution in [0.2, 0.25) is 5.02 Å². The number of carbonyl (C=O) groups excluding carboxylic acids is 2. The van der Waals surface area contributed by atoms with Crippen molar-refractivity contribution in [2.75, 3.05) is 6.54 Å². The van der Waals surface area contributed by atoms with Crippen LogP contribution in [0.1, 0.15) is 24.8 Å². The highest BCUT2D eigenvalue weighted by atomic mass is 79.9. The quantitative estimate of drug-likeness (QED) is 0.888. The van der Waals surface area contributed by atoms with Gasteiger partial charge in [0, 0.05) is 29.0 Å². The first-order valence-electron chi connectivity index (χ1n) is 7.06. The van der Waals surface area contributed by atoms with Crippen molar-refractivity contribution >= 4 is 39.3 Å². The van der Waals surface area contributed by atoms with Gasteiger partial charge in [-0.15, -0.1) is 0 Å². The van der Waals surface area contributed by atoms with Crippen LogP contribution in [0.15, 0.2) is 22.7 Å². The van der Waals surface area contributed by atoms with E-state index in [1.165, 1.54) is 0 Å². The highest BCUT2D eigenvalue weighted by Gasteiger charge is 2.40. The van der Waals surface area contributed by atoms with Gasteiger partial charge < -0.3 is 10.2 Å². The molecule has 21 heavy (non-hydrogen) atoms. The minimum Gasteiger partial charge on any atom is -0.344 e. The van der Waals surface area contributed by atoms with Crippen LogP contribution in [0.4, 0.5) is 0 Å². The summed E-state index contributed by atoms with van der Waals surface area (Å²) in [5.41, 5.74) is 0.900. The zero-order valence-corrected chi connectivity index (χ0v) is 13.8. The summed E-state index contributed by atoms with van der Waals surface area (Å²) in [6, 6.07) is 5.28. The minimum atomic E-state index is -0.353. The van der Waals surface area contributed by atoms with Crippen LogP contribution in [-0.4, -0.2) is 29.3 Å². The van der Waals surface area contributed by atoms with Gasteiger partial charge in [-0.1, -0.05) is 33.6 Å². The molecule has 0 aromatic heterocycles. The predicted molar refractivity (Wildman–Crippen MR) is 83.8 cm³/mol. The van der Waals surface area contributed by atoms with Gasteiger partial charge in [0.1, 0.15) is 6.04 Å². The summed E-state index contributed by atoms with van der Waals surface area (Å²) < 4.78 is 0.908. The molecule has 3 rings (SSSR count). The van der Waals surface area contributed by atoms with Crippen molar-refractivity contribution in [2.45, 2.75) is 31.8 Å². The fraction of sp³-hybridized carbons (Fsp3) is 0.467. The highest BCUT2D eigenvalue weighted by molar-refractivity contribution is 9.10. The van der Waals surface area contributed by atoms with Gasteiger partial charge in [-0.2, -0.15) is 0 Å². The maximum Gasteiger partial charge on any atom is 0.245 e. The molecule has 1 heterocycles. The van der Waals surface area contributed by atoms with Crippen molar-refractivity contribution in [1.82, 2.24) is 10.2 Å². The summed E-state index contributed by atoms with van der Waals surface area (Å²) in [4.78, 5) is 26.1. The third-order valence-corrected chi connectivity index (χ3v) is 4.82. The van der Waals surface area contributed by atoms with Crippen LogP contribution in [0.3, 0.4) is 0 Å². The normalized spacial score (nSPS) is 23.0. The average Bonchev–Trinajstić information content (AvgIpc) is 3.26. The maximum atomic E-state index is 12.6. The Bertz CT molecular complexity index is 589. The van der Waals surface area contributed by atoms with Gasteiger partial charge in [-0.05, 0) is 36.5 Å². The van der Waals surface area contributed by atoms with E-state index in [2.05, 4.69) is 21.2 Å². The van der Waals surface area contributed by atoms with E-state index < -0.39 is 0 Å². The monoisotopic (exact) mass is 370 g/mol. The van der Waals surface area contributed by atoms with E-state index in [-0.39, 0.29) is 17.9 Å². The van der Waals surface area contributed by atoms with Crippen LogP contribution in [0.5, 0.6) is 0 Å². The Morgan fingerprint density at radius 2 is 2.10 bits per heavy atom. The zero-order valence-electron chi connectivity index (χ0n) is 11.4. The number of nitrogens with zero attached hydrogens (tertiary/aromatic N) is 1. The molecule has 1 unspecified atom stereocenters. The Kier molecular flexibility index (Phi) is 4.22. The molecule has 1 saturated carbocycles. The molecule has 0 bridgehead atoms. The molecule has 112 valence electrons. The molecular formula is C15H16BrClN2O2. The van der Waals surface area contributed by atoms with E-state index in [1.54, 1.807) is 4.90 Å². The van der Waals surface area contributed by atoms with Gasteiger partial charge in [0.15, 0.2) is 0 Å². The minimum absolute atomic E-state index is 0.0161. The zero-order chi connectivity index (χ0) is 15.0. The van der Waals surface area contributed by atoms with Crippen molar-refractivity contribution in [3.8, 4) is 0 Å². The molecule has 1 saturated heterocycles. The fourth-order valence-electron chi connectivity index (χ4n) is 2.61. The molecule has 2 aliphatic rings. The van der Waals surface area contributed by atoms with Crippen LogP contribution < -0.4 is 5.32 Å². The fourth-order valence-corrected chi connectivity index (χ4v) is 3.35. The Balaban J connectivity index is 1.79. The van der Waals surface area contributed by atoms with Crippen LogP contribution in [-0.2, 0) is 16.1 Å². The number of rotatable bonds is 3. The number of nitrogens with one attached hydrogen (secondary N) is 1. The lowest BCUT2D eigenvalue weighted by molar-refractivity contribution is -0.134. The molecule has 4 nitrogen and oxygen atoms in total. The Hall–Kier alpha value is -1.07. The third kappa shape index (κ3) is 3.40. The Morgan fingerprint density at radius 1 is 1.33 bits per heavy atom. The molecule has 0 spiro atoms. The van der Waals surface area contributed by atoms with Crippen molar-refractivity contribution in [3.63, 3.8) is 0 Å². The summed E-state index contributed by atoms with van der Waals surface area (Å²) in [5, 5.41) is 3.49. The van der Waals surface area contributed by atoms with E-state index >= 15 is 0 Å². The van der Waals surface area contributed by atoms with Crippen molar-refractivity contribution in [2.24, 2.45) is 5.92 Å². The molecule has 1 atom stereocenters. The molecule has 6 heteroatoms. The predicted octanol–water partition coefficient (Wildman–Crippen LogP) is 2.73. The molecule has 1 aliphatic heterocycles. The smallest absolute Gasteiger partial charge is 0.245 e. The van der Waals surface area contributed by atoms with Gasteiger partial charge >= 0.3 is 0 Å². The van der Waals surface area contributed by atoms with Crippen molar-refractivity contribution < 1.29 is 9.59 Å². The average molecular weight is 372 g/mol. The van der Waals surface area contributed by atoms with E-state index in [0.29, 0.717) is 30.5 Å². The van der Waals surface area contributed by atoms with Crippen LogP contribution >= 0.6 is 27.5 Å². The molecular weight excluding hydrogens is 356 g/mol. The van der Waals surface area contributed by atoms with Crippen molar-refractivity contribution in [1.29, 1.82) is 0 Å². The lowest BCUT2D eigenvalue weighted by atomic mass is 10.1. The van der Waals surface area contributed by atoms with Crippen LogP contribution in [0.25, 0.3) is 0 Å². The molecule has 1 aromatic carbocycles. The third-order valence-electron chi connectivity index (χ3n) is 3.97. The van der Waals surface area contributed by atoms with Gasteiger partial charge in [0.05, 0.1) is 0 Å². The number of halogens is 2. The van der Waals surface area contributed by atoms with Gasteiger partial charge in [-0.3, -0.25) is 9.59 Å². The summed E-state index contributed by atoms with van der Waals surface area (Å²) in [5.74, 6) is 0.287. The Labute approximate surface area is 137 Å². The second-order valence-electron chi connectivity index (χ2n) is 5.63. The van der Waals surface area contributed by atoms with Gasteiger partial charge in [-0.25, -0.2) is 0 Å². The van der Waals surface area contributed by atoms with Gasteiger partial charge in [0.2, 0.25) is 11.8 Å². The lowest BCUT2D eigenvalue weighted by Gasteiger charge is -2.24. The highest BCUT2D eigenvalue weighted by Crippen LogP contribution is 2.34. The first-order chi connectivity index (χ1) is 10.0. The summed E-state index contributed by atoms with van der Waals surface area (Å²) in [6.07, 6.45) is 2.39. The first-order valence-corrected chi connectivity index (χ1v) is 8.24. The molecule has 2 amide bonds. The number of carbonyl (C=O) groups is 2. The molecule has 1 N–H and O–H groups in total. The van der Waals surface area contributed by atoms with E-state index in [9.17, 15) is 9.59 Å². The molecule has 1 aromatic rings. The number of hydrogen-bond acceptors (Lipinski definition) is 2. The second kappa shape index (κ2) is 5.97. The number of hydrogen-bond donors (Lipinski definition) is 1. The number of benzene rings is 1. The molecule has 1 aliphatic carbocycles. The largest absolute Gasteiger partial charge is 0.344 e. The SMILES string of the molecule is O=C1CCN(Cc2ccc(Br)cc2Cl)C(=O)C(C2CC2)N1. The standard InChI is InChI=1S/C15H16BrClN2O2/c16-11-4-3-10(12(17)7-11)8-19-6-5-13(20)18-14(15(19)21)9-1-2-9/h3-4,7,9,14H,1-2,5-6,8H2,(H,18,20). The summed E-state index contributed by atoms with van der Waals surface area (Å²) >= 11 is 9.60. The maximum absolute atomic E-state index is 12.6. The van der Waals surface area contributed by atoms with Crippen molar-refractivity contribution in [3.05, 3.63) is 33.3 Å². The van der Waals surface area contributed by atoms with Gasteiger partial charge in [0.25, 0.3) is 0 Å². The first kappa shape index (κ1) is 14.9. The van der Waals surface area contributed by atoms with E-state index in [1.807, 2.05) is 18.2 Å². The second-order valence-corrected chi connectivity index (χ2v) is 6.95. The van der Waals surface area contributed by atoms with Crippen LogP contribution in [0, 0.1) is 5.92 Å². The van der Waals surface area contributed by atoms with E-state index in [0.717, 1.165) is 22.9 Å². The Morgan fingerprint density at radius 3 is 2.76 bits per heavy atom. The summed E-state index contributed by atoms with van der Waals surface area (Å²) in [7, 11) is 0. The lowest BCUT2D eigenvalue weighted by Crippen LogP contribution is -2.45.